The third kappa shape index (κ3) is 2.72. The number of nitrogens with zero attached hydrogens (tertiary/aromatic N) is 2. The number of rotatable bonds is 2. The Morgan fingerprint density at radius 3 is 1.71 bits per heavy atom. The minimum absolute atomic E-state index is 0.264. The van der Waals surface area contributed by atoms with E-state index in [0.717, 1.165) is 0 Å². The number of anilines is 1. The van der Waals surface area contributed by atoms with Crippen molar-refractivity contribution in [3.8, 4) is 22.5 Å². The van der Waals surface area contributed by atoms with E-state index in [-0.39, 0.29) is 17.5 Å². The van der Waals surface area contributed by atoms with Crippen LogP contribution in [0.25, 0.3) is 22.5 Å². The highest BCUT2D eigenvalue weighted by Gasteiger charge is 2.11. The smallest absolute Gasteiger partial charge is 0.142 e. The van der Waals surface area contributed by atoms with Crippen LogP contribution in [0.2, 0.25) is 0 Å². The summed E-state index contributed by atoms with van der Waals surface area (Å²) in [5, 5.41) is 0. The third-order valence-electron chi connectivity index (χ3n) is 3.03. The number of nitrogens with two attached hydrogens (primary N) is 1. The highest BCUT2D eigenvalue weighted by Crippen LogP contribution is 2.29. The molecule has 0 aliphatic heterocycles. The van der Waals surface area contributed by atoms with Crippen LogP contribution in [0.15, 0.2) is 54.7 Å². The minimum Gasteiger partial charge on any atom is -0.382 e. The molecule has 3 aromatic rings. The zero-order chi connectivity index (χ0) is 14.8. The number of nitrogen functional groups attached to an aromatic ring is 1. The van der Waals surface area contributed by atoms with Crippen LogP contribution in [0.5, 0.6) is 0 Å². The molecule has 1 aromatic heterocycles. The van der Waals surface area contributed by atoms with Crippen molar-refractivity contribution in [2.75, 3.05) is 5.73 Å². The van der Waals surface area contributed by atoms with Gasteiger partial charge in [-0.05, 0) is 48.5 Å². The highest BCUT2D eigenvalue weighted by molar-refractivity contribution is 5.78. The first-order valence-electron chi connectivity index (χ1n) is 6.28. The Hall–Kier alpha value is -2.82. The fourth-order valence-electron chi connectivity index (χ4n) is 2.03. The van der Waals surface area contributed by atoms with Crippen molar-refractivity contribution in [3.63, 3.8) is 0 Å². The van der Waals surface area contributed by atoms with Gasteiger partial charge in [0.1, 0.15) is 17.5 Å². The quantitative estimate of drug-likeness (QED) is 0.780. The van der Waals surface area contributed by atoms with Crippen molar-refractivity contribution in [1.29, 1.82) is 0 Å². The summed E-state index contributed by atoms with van der Waals surface area (Å²) in [6, 6.07) is 11.8. The minimum atomic E-state index is -0.334. The average molecular weight is 283 g/mol. The molecule has 0 saturated carbocycles. The monoisotopic (exact) mass is 283 g/mol. The molecule has 3 rings (SSSR count). The average Bonchev–Trinajstić information content (AvgIpc) is 2.49. The van der Waals surface area contributed by atoms with E-state index in [1.807, 2.05) is 0 Å². The summed E-state index contributed by atoms with van der Waals surface area (Å²) in [5.74, 6) is -0.399. The number of benzene rings is 2. The van der Waals surface area contributed by atoms with Gasteiger partial charge in [0.05, 0.1) is 17.6 Å². The molecule has 104 valence electrons. The van der Waals surface area contributed by atoms with E-state index in [4.69, 9.17) is 5.73 Å². The van der Waals surface area contributed by atoms with Crippen LogP contribution in [-0.4, -0.2) is 9.97 Å². The molecule has 0 aliphatic carbocycles. The second kappa shape index (κ2) is 5.28. The Kier molecular flexibility index (Phi) is 3.31. The molecule has 5 heteroatoms. The number of aromatic nitrogens is 2. The molecule has 0 spiro atoms. The fourth-order valence-corrected chi connectivity index (χ4v) is 2.03. The molecule has 1 heterocycles. The molecule has 0 aliphatic rings. The van der Waals surface area contributed by atoms with Crippen LogP contribution in [0.3, 0.4) is 0 Å². The lowest BCUT2D eigenvalue weighted by atomic mass is 10.0. The lowest BCUT2D eigenvalue weighted by Crippen LogP contribution is -1.98. The van der Waals surface area contributed by atoms with Crippen molar-refractivity contribution in [3.05, 3.63) is 66.4 Å². The van der Waals surface area contributed by atoms with Crippen LogP contribution in [0, 0.1) is 11.6 Å². The Morgan fingerprint density at radius 2 is 1.19 bits per heavy atom. The molecule has 0 unspecified atom stereocenters. The van der Waals surface area contributed by atoms with Crippen LogP contribution < -0.4 is 5.73 Å². The zero-order valence-corrected chi connectivity index (χ0v) is 10.9. The summed E-state index contributed by atoms with van der Waals surface area (Å²) in [4.78, 5) is 8.54. The maximum absolute atomic E-state index is 13.0. The summed E-state index contributed by atoms with van der Waals surface area (Å²) < 4.78 is 26.1. The van der Waals surface area contributed by atoms with Crippen molar-refractivity contribution in [1.82, 2.24) is 9.97 Å². The van der Waals surface area contributed by atoms with E-state index < -0.39 is 0 Å². The number of hydrogen-bond acceptors (Lipinski definition) is 3. The molecule has 2 N–H and O–H groups in total. The number of halogens is 2. The summed E-state index contributed by atoms with van der Waals surface area (Å²) in [5.41, 5.74) is 8.19. The molecule has 0 radical (unpaired) electrons. The van der Waals surface area contributed by atoms with Crippen LogP contribution in [0.1, 0.15) is 0 Å². The Balaban J connectivity index is 2.17. The van der Waals surface area contributed by atoms with Gasteiger partial charge < -0.3 is 5.73 Å². The second-order valence-electron chi connectivity index (χ2n) is 4.51. The lowest BCUT2D eigenvalue weighted by molar-refractivity contribution is 0.627. The van der Waals surface area contributed by atoms with E-state index in [1.54, 1.807) is 24.3 Å². The fraction of sp³-hybridized carbons (Fsp3) is 0. The molecular weight excluding hydrogens is 272 g/mol. The topological polar surface area (TPSA) is 51.8 Å². The first kappa shape index (κ1) is 13.2. The largest absolute Gasteiger partial charge is 0.382 e. The SMILES string of the molecule is Nc1cnc(-c2ccc(F)cc2)c(-c2ccc(F)cc2)n1. The molecule has 0 atom stereocenters. The highest BCUT2D eigenvalue weighted by atomic mass is 19.1. The van der Waals surface area contributed by atoms with Gasteiger partial charge in [-0.2, -0.15) is 0 Å². The molecule has 21 heavy (non-hydrogen) atoms. The third-order valence-corrected chi connectivity index (χ3v) is 3.03. The van der Waals surface area contributed by atoms with Crippen molar-refractivity contribution < 1.29 is 8.78 Å². The standard InChI is InChI=1S/C16H11F2N3/c17-12-5-1-10(2-6-12)15-16(21-14(19)9-20-15)11-3-7-13(18)8-4-11/h1-9H,(H2,19,21). The van der Waals surface area contributed by atoms with Gasteiger partial charge in [-0.25, -0.2) is 13.8 Å². The molecule has 2 aromatic carbocycles. The number of hydrogen-bond donors (Lipinski definition) is 1. The predicted octanol–water partition coefficient (Wildman–Crippen LogP) is 3.67. The van der Waals surface area contributed by atoms with E-state index in [9.17, 15) is 8.78 Å². The van der Waals surface area contributed by atoms with Crippen LogP contribution in [0.4, 0.5) is 14.6 Å². The van der Waals surface area contributed by atoms with Gasteiger partial charge in [0.2, 0.25) is 0 Å². The lowest BCUT2D eigenvalue weighted by Gasteiger charge is -2.09. The van der Waals surface area contributed by atoms with Gasteiger partial charge in [0.15, 0.2) is 0 Å². The summed E-state index contributed by atoms with van der Waals surface area (Å²) in [6.45, 7) is 0. The van der Waals surface area contributed by atoms with Crippen LogP contribution in [-0.2, 0) is 0 Å². The summed E-state index contributed by atoms with van der Waals surface area (Å²) >= 11 is 0. The van der Waals surface area contributed by atoms with Gasteiger partial charge in [0, 0.05) is 11.1 Å². The maximum Gasteiger partial charge on any atom is 0.142 e. The van der Waals surface area contributed by atoms with Crippen molar-refractivity contribution in [2.24, 2.45) is 0 Å². The first-order valence-corrected chi connectivity index (χ1v) is 6.28. The van der Waals surface area contributed by atoms with Gasteiger partial charge in [-0.1, -0.05) is 0 Å². The van der Waals surface area contributed by atoms with Gasteiger partial charge in [0.25, 0.3) is 0 Å². The first-order chi connectivity index (χ1) is 10.1. The second-order valence-corrected chi connectivity index (χ2v) is 4.51. The van der Waals surface area contributed by atoms with E-state index >= 15 is 0 Å². The Morgan fingerprint density at radius 1 is 0.714 bits per heavy atom. The molecule has 0 fully saturated rings. The van der Waals surface area contributed by atoms with Gasteiger partial charge in [-0.15, -0.1) is 0 Å². The van der Waals surface area contributed by atoms with Crippen LogP contribution >= 0.6 is 0 Å². The van der Waals surface area contributed by atoms with Crippen molar-refractivity contribution in [2.45, 2.75) is 0 Å². The molecule has 0 amide bonds. The molecular formula is C16H11F2N3. The molecule has 0 bridgehead atoms. The Labute approximate surface area is 120 Å². The molecule has 0 saturated heterocycles. The Bertz CT molecular complexity index is 769. The zero-order valence-electron chi connectivity index (χ0n) is 10.9. The normalized spacial score (nSPS) is 10.6. The maximum atomic E-state index is 13.0. The summed E-state index contributed by atoms with van der Waals surface area (Å²) in [6.07, 6.45) is 1.44. The van der Waals surface area contributed by atoms with E-state index in [0.29, 0.717) is 22.5 Å². The molecule has 3 nitrogen and oxygen atoms in total. The predicted molar refractivity (Wildman–Crippen MR) is 77.2 cm³/mol. The van der Waals surface area contributed by atoms with Gasteiger partial charge >= 0.3 is 0 Å². The van der Waals surface area contributed by atoms with Gasteiger partial charge in [-0.3, -0.25) is 4.98 Å². The summed E-state index contributed by atoms with van der Waals surface area (Å²) in [7, 11) is 0. The van der Waals surface area contributed by atoms with E-state index in [1.165, 1.54) is 30.5 Å². The van der Waals surface area contributed by atoms with Crippen molar-refractivity contribution >= 4 is 5.82 Å². The van der Waals surface area contributed by atoms with E-state index in [2.05, 4.69) is 9.97 Å².